The van der Waals surface area contributed by atoms with Crippen LogP contribution in [0, 0.1) is 0 Å². The second-order valence-electron chi connectivity index (χ2n) is 11.0. The molecule has 0 saturated heterocycles. The van der Waals surface area contributed by atoms with Crippen molar-refractivity contribution in [3.8, 4) is 11.5 Å². The fourth-order valence-electron chi connectivity index (χ4n) is 5.95. The highest BCUT2D eigenvalue weighted by molar-refractivity contribution is 7.99. The van der Waals surface area contributed by atoms with E-state index in [-0.39, 0.29) is 10.8 Å². The molecule has 0 radical (unpaired) electrons. The smallest absolute Gasteiger partial charge is 0.237 e. The Hall–Kier alpha value is -4.16. The van der Waals surface area contributed by atoms with Gasteiger partial charge in [0.15, 0.2) is 5.75 Å². The van der Waals surface area contributed by atoms with Crippen molar-refractivity contribution < 1.29 is 4.74 Å². The number of aromatic nitrogens is 3. The van der Waals surface area contributed by atoms with Crippen LogP contribution in [0.25, 0.3) is 0 Å². The number of para-hydroxylation sites is 2. The summed E-state index contributed by atoms with van der Waals surface area (Å²) < 4.78 is 6.69. The zero-order valence-electron chi connectivity index (χ0n) is 22.3. The predicted octanol–water partition coefficient (Wildman–Crippen LogP) is 8.56. The van der Waals surface area contributed by atoms with Gasteiger partial charge >= 0.3 is 0 Å². The summed E-state index contributed by atoms with van der Waals surface area (Å²) in [5, 5.41) is 0. The lowest BCUT2D eigenvalue weighted by Crippen LogP contribution is -2.27. The quantitative estimate of drug-likeness (QED) is 0.234. The van der Waals surface area contributed by atoms with Crippen molar-refractivity contribution in [3.05, 3.63) is 120 Å². The number of benzene rings is 4. The van der Waals surface area contributed by atoms with Crippen LogP contribution < -0.4 is 9.64 Å². The van der Waals surface area contributed by atoms with Crippen molar-refractivity contribution in [1.82, 2.24) is 15.0 Å². The minimum atomic E-state index is -0.239. The summed E-state index contributed by atoms with van der Waals surface area (Å²) >= 11 is 1.80. The number of ether oxygens (including phenoxy) is 1. The molecule has 1 aromatic heterocycles. The van der Waals surface area contributed by atoms with E-state index in [1.807, 2.05) is 12.1 Å². The molecule has 6 heteroatoms. The molecule has 2 aliphatic heterocycles. The highest BCUT2D eigenvalue weighted by atomic mass is 32.2. The molecule has 0 spiro atoms. The van der Waals surface area contributed by atoms with Crippen LogP contribution in [-0.2, 0) is 10.8 Å². The van der Waals surface area contributed by atoms with Crippen molar-refractivity contribution in [1.29, 1.82) is 0 Å². The second-order valence-corrected chi connectivity index (χ2v) is 12.1. The average molecular weight is 529 g/mol. The summed E-state index contributed by atoms with van der Waals surface area (Å²) in [6, 6.07) is 29.9. The summed E-state index contributed by atoms with van der Waals surface area (Å²) in [7, 11) is 0. The van der Waals surface area contributed by atoms with E-state index in [1.165, 1.54) is 26.5 Å². The average Bonchev–Trinajstić information content (AvgIpc) is 2.95. The Bertz CT molecular complexity index is 1620. The van der Waals surface area contributed by atoms with E-state index in [1.54, 1.807) is 24.4 Å². The van der Waals surface area contributed by atoms with Crippen molar-refractivity contribution >= 4 is 29.1 Å². The van der Waals surface area contributed by atoms with E-state index in [4.69, 9.17) is 4.74 Å². The topological polar surface area (TPSA) is 51.1 Å². The maximum Gasteiger partial charge on any atom is 0.237 e. The highest BCUT2D eigenvalue weighted by Gasteiger charge is 2.39. The molecule has 2 aliphatic rings. The lowest BCUT2D eigenvalue weighted by molar-refractivity contribution is 0.419. The molecule has 39 heavy (non-hydrogen) atoms. The van der Waals surface area contributed by atoms with E-state index in [0.29, 0.717) is 5.95 Å². The zero-order valence-corrected chi connectivity index (χ0v) is 23.2. The Morgan fingerprint density at radius 1 is 0.641 bits per heavy atom. The Morgan fingerprint density at radius 3 is 2.05 bits per heavy atom. The molecule has 0 unspecified atom stereocenters. The highest BCUT2D eigenvalue weighted by Crippen LogP contribution is 2.56. The molecule has 0 bridgehead atoms. The normalized spacial score (nSPS) is 15.7. The fraction of sp³-hybridized carbons (Fsp3) is 0.182. The fourth-order valence-corrected chi connectivity index (χ4v) is 7.45. The van der Waals surface area contributed by atoms with E-state index in [2.05, 4.69) is 120 Å². The van der Waals surface area contributed by atoms with Gasteiger partial charge in [-0.25, -0.2) is 15.0 Å². The number of fused-ring (bicyclic) bond motifs is 4. The van der Waals surface area contributed by atoms with Crippen molar-refractivity contribution in [3.63, 3.8) is 0 Å². The number of nitrogens with zero attached hydrogens (tertiary/aromatic N) is 4. The second kappa shape index (κ2) is 8.68. The van der Waals surface area contributed by atoms with Crippen LogP contribution in [0.4, 0.5) is 17.3 Å². The SMILES string of the molecule is CC1(C)c2ccccc2Oc2c(N(c3ncncn3)c3cccc4c3Sc3ccccc3C4(C)C)cccc21. The molecular formula is C33H28N4OS. The first-order chi connectivity index (χ1) is 18.9. The molecule has 0 aliphatic carbocycles. The maximum absolute atomic E-state index is 6.69. The van der Waals surface area contributed by atoms with Gasteiger partial charge in [0, 0.05) is 31.7 Å². The monoisotopic (exact) mass is 528 g/mol. The maximum atomic E-state index is 6.69. The molecule has 0 fully saturated rings. The Kier molecular flexibility index (Phi) is 5.32. The molecule has 5 aromatic rings. The molecule has 4 aromatic carbocycles. The van der Waals surface area contributed by atoms with Gasteiger partial charge in [-0.2, -0.15) is 0 Å². The van der Waals surface area contributed by atoms with Crippen LogP contribution in [0.1, 0.15) is 49.9 Å². The van der Waals surface area contributed by atoms with Crippen LogP contribution in [0.15, 0.2) is 107 Å². The van der Waals surface area contributed by atoms with E-state index in [0.717, 1.165) is 28.4 Å². The van der Waals surface area contributed by atoms with Gasteiger partial charge in [-0.1, -0.05) is 100 Å². The molecule has 0 N–H and O–H groups in total. The minimum absolute atomic E-state index is 0.161. The largest absolute Gasteiger partial charge is 0.455 e. The lowest BCUT2D eigenvalue weighted by Gasteiger charge is -2.39. The Balaban J connectivity index is 1.48. The minimum Gasteiger partial charge on any atom is -0.455 e. The molecule has 192 valence electrons. The number of anilines is 3. The first kappa shape index (κ1) is 23.9. The molecule has 0 atom stereocenters. The van der Waals surface area contributed by atoms with Crippen LogP contribution in [0.5, 0.6) is 11.5 Å². The summed E-state index contributed by atoms with van der Waals surface area (Å²) in [5.41, 5.74) is 6.42. The molecular weight excluding hydrogens is 500 g/mol. The molecule has 0 amide bonds. The van der Waals surface area contributed by atoms with Crippen LogP contribution >= 0.6 is 11.8 Å². The number of hydrogen-bond acceptors (Lipinski definition) is 6. The van der Waals surface area contributed by atoms with E-state index < -0.39 is 0 Å². The molecule has 3 heterocycles. The summed E-state index contributed by atoms with van der Waals surface area (Å²) in [6.45, 7) is 9.11. The molecule has 0 saturated carbocycles. The summed E-state index contributed by atoms with van der Waals surface area (Å²) in [6.07, 6.45) is 3.10. The summed E-state index contributed by atoms with van der Waals surface area (Å²) in [4.78, 5) is 17.9. The Morgan fingerprint density at radius 2 is 1.26 bits per heavy atom. The van der Waals surface area contributed by atoms with Crippen LogP contribution in [0.2, 0.25) is 0 Å². The molecule has 7 rings (SSSR count). The van der Waals surface area contributed by atoms with Gasteiger partial charge in [0.25, 0.3) is 0 Å². The third-order valence-electron chi connectivity index (χ3n) is 8.04. The predicted molar refractivity (Wildman–Crippen MR) is 156 cm³/mol. The van der Waals surface area contributed by atoms with Crippen molar-refractivity contribution in [2.45, 2.75) is 48.3 Å². The third-order valence-corrected chi connectivity index (χ3v) is 9.25. The number of rotatable bonds is 3. The summed E-state index contributed by atoms with van der Waals surface area (Å²) in [5.74, 6) is 2.24. The van der Waals surface area contributed by atoms with Gasteiger partial charge in [0.2, 0.25) is 5.95 Å². The van der Waals surface area contributed by atoms with Gasteiger partial charge in [-0.15, -0.1) is 0 Å². The van der Waals surface area contributed by atoms with Crippen LogP contribution in [-0.4, -0.2) is 15.0 Å². The van der Waals surface area contributed by atoms with Crippen molar-refractivity contribution in [2.75, 3.05) is 4.90 Å². The van der Waals surface area contributed by atoms with Crippen LogP contribution in [0.3, 0.4) is 0 Å². The third kappa shape index (κ3) is 3.58. The van der Waals surface area contributed by atoms with Gasteiger partial charge in [0.05, 0.1) is 11.4 Å². The molecule has 5 nitrogen and oxygen atoms in total. The standard InChI is InChI=1S/C33H28N4OS/c1-32(2)21-11-5-7-17-27(21)38-29-23(32)13-9-15-25(29)37(31-35-19-34-20-36-31)26-16-10-14-24-30(26)39-28-18-8-6-12-22(28)33(24,3)4/h5-20H,1-4H3. The van der Waals surface area contributed by atoms with Gasteiger partial charge in [-0.05, 0) is 35.4 Å². The van der Waals surface area contributed by atoms with E-state index >= 15 is 0 Å². The number of hydrogen-bond donors (Lipinski definition) is 0. The van der Waals surface area contributed by atoms with Gasteiger partial charge in [0.1, 0.15) is 18.4 Å². The lowest BCUT2D eigenvalue weighted by atomic mass is 9.75. The first-order valence-electron chi connectivity index (χ1n) is 13.1. The zero-order chi connectivity index (χ0) is 26.8. The first-order valence-corrected chi connectivity index (χ1v) is 13.9. The van der Waals surface area contributed by atoms with Crippen molar-refractivity contribution in [2.24, 2.45) is 0 Å². The van der Waals surface area contributed by atoms with Gasteiger partial charge in [-0.3, -0.25) is 4.90 Å². The van der Waals surface area contributed by atoms with Gasteiger partial charge < -0.3 is 4.74 Å². The van der Waals surface area contributed by atoms with E-state index in [9.17, 15) is 0 Å². The Labute approximate surface area is 232 Å².